The Kier molecular flexibility index (Phi) is 4.01. The molecule has 130 valence electrons. The minimum absolute atomic E-state index is 0.283. The molecule has 4 aromatic rings. The molecular weight excluding hydrogens is 328 g/mol. The molecule has 0 aliphatic carbocycles. The summed E-state index contributed by atoms with van der Waals surface area (Å²) in [4.78, 5) is 12.5. The molecule has 1 amide bonds. The zero-order chi connectivity index (χ0) is 18.1. The van der Waals surface area contributed by atoms with Gasteiger partial charge < -0.3 is 9.84 Å². The van der Waals surface area contributed by atoms with E-state index in [0.29, 0.717) is 23.6 Å². The maximum Gasteiger partial charge on any atom is 0.262 e. The molecular formula is C20H18N4O2. The Balaban J connectivity index is 1.68. The van der Waals surface area contributed by atoms with Crippen LogP contribution in [0.3, 0.4) is 0 Å². The molecule has 0 aliphatic rings. The van der Waals surface area contributed by atoms with E-state index in [1.54, 1.807) is 6.92 Å². The lowest BCUT2D eigenvalue weighted by Crippen LogP contribution is -2.13. The molecule has 4 rings (SSSR count). The van der Waals surface area contributed by atoms with Gasteiger partial charge in [0, 0.05) is 5.39 Å². The van der Waals surface area contributed by atoms with Gasteiger partial charge in [0.15, 0.2) is 5.82 Å². The van der Waals surface area contributed by atoms with Crippen LogP contribution in [0.1, 0.15) is 27.2 Å². The second-order valence-corrected chi connectivity index (χ2v) is 6.28. The fourth-order valence-corrected chi connectivity index (χ4v) is 2.89. The molecule has 0 radical (unpaired) electrons. The number of carbonyl (C=O) groups is 1. The summed E-state index contributed by atoms with van der Waals surface area (Å²) in [5, 5.41) is 12.1. The number of benzene rings is 2. The van der Waals surface area contributed by atoms with E-state index in [-0.39, 0.29) is 5.91 Å². The van der Waals surface area contributed by atoms with Crippen molar-refractivity contribution in [3.05, 3.63) is 77.2 Å². The molecule has 2 heterocycles. The fourth-order valence-electron chi connectivity index (χ4n) is 2.89. The number of amides is 1. The number of hydrogen-bond acceptors (Lipinski definition) is 4. The van der Waals surface area contributed by atoms with E-state index < -0.39 is 0 Å². The average Bonchev–Trinajstić information content (AvgIpc) is 3.22. The number of hydrogen-bond donors (Lipinski definition) is 1. The van der Waals surface area contributed by atoms with Gasteiger partial charge in [-0.15, -0.1) is 0 Å². The van der Waals surface area contributed by atoms with Gasteiger partial charge in [0.25, 0.3) is 5.91 Å². The lowest BCUT2D eigenvalue weighted by Gasteiger charge is -2.04. The van der Waals surface area contributed by atoms with Crippen molar-refractivity contribution in [2.24, 2.45) is 0 Å². The number of anilines is 1. The van der Waals surface area contributed by atoms with Crippen LogP contribution in [0.2, 0.25) is 0 Å². The second-order valence-electron chi connectivity index (χ2n) is 6.28. The molecule has 26 heavy (non-hydrogen) atoms. The molecule has 0 spiro atoms. The molecule has 0 fully saturated rings. The van der Waals surface area contributed by atoms with E-state index in [1.165, 1.54) is 11.8 Å². The number of aryl methyl sites for hydroxylation is 2. The Hall–Kier alpha value is -3.41. The van der Waals surface area contributed by atoms with Crippen molar-refractivity contribution in [2.45, 2.75) is 20.4 Å². The Morgan fingerprint density at radius 1 is 1.12 bits per heavy atom. The lowest BCUT2D eigenvalue weighted by molar-refractivity contribution is 0.102. The Morgan fingerprint density at radius 2 is 1.88 bits per heavy atom. The van der Waals surface area contributed by atoms with Gasteiger partial charge in [0.05, 0.1) is 17.8 Å². The first-order valence-electron chi connectivity index (χ1n) is 8.35. The monoisotopic (exact) mass is 346 g/mol. The van der Waals surface area contributed by atoms with Crippen LogP contribution >= 0.6 is 0 Å². The van der Waals surface area contributed by atoms with E-state index >= 15 is 0 Å². The van der Waals surface area contributed by atoms with Crippen molar-refractivity contribution in [3.8, 4) is 0 Å². The third-order valence-electron chi connectivity index (χ3n) is 4.34. The largest absolute Gasteiger partial charge is 0.364 e. The van der Waals surface area contributed by atoms with Crippen LogP contribution < -0.4 is 5.32 Å². The second kappa shape index (κ2) is 6.48. The van der Waals surface area contributed by atoms with Crippen LogP contribution in [0.4, 0.5) is 5.82 Å². The van der Waals surface area contributed by atoms with Gasteiger partial charge in [-0.3, -0.25) is 9.48 Å². The molecule has 0 aliphatic heterocycles. The highest BCUT2D eigenvalue weighted by Gasteiger charge is 2.17. The summed E-state index contributed by atoms with van der Waals surface area (Å²) in [6.07, 6.45) is 1.34. The summed E-state index contributed by atoms with van der Waals surface area (Å²) in [5.41, 5.74) is 4.28. The average molecular weight is 346 g/mol. The van der Waals surface area contributed by atoms with Gasteiger partial charge >= 0.3 is 0 Å². The third-order valence-corrected chi connectivity index (χ3v) is 4.34. The minimum Gasteiger partial charge on any atom is -0.364 e. The van der Waals surface area contributed by atoms with Crippen molar-refractivity contribution in [3.63, 3.8) is 0 Å². The van der Waals surface area contributed by atoms with E-state index in [9.17, 15) is 4.79 Å². The Bertz CT molecular complexity index is 1080. The van der Waals surface area contributed by atoms with Gasteiger partial charge in [-0.1, -0.05) is 47.1 Å². The first kappa shape index (κ1) is 16.1. The van der Waals surface area contributed by atoms with Crippen LogP contribution in [-0.2, 0) is 6.54 Å². The van der Waals surface area contributed by atoms with E-state index in [4.69, 9.17) is 4.52 Å². The number of aromatic nitrogens is 3. The van der Waals surface area contributed by atoms with Crippen LogP contribution in [0.25, 0.3) is 10.9 Å². The summed E-state index contributed by atoms with van der Waals surface area (Å²) < 4.78 is 6.75. The molecule has 0 unspecified atom stereocenters. The molecule has 0 saturated carbocycles. The zero-order valence-electron chi connectivity index (χ0n) is 14.6. The summed E-state index contributed by atoms with van der Waals surface area (Å²) in [5.74, 6) is 0.243. The molecule has 2 aromatic heterocycles. The van der Waals surface area contributed by atoms with Gasteiger partial charge in [0.2, 0.25) is 0 Å². The minimum atomic E-state index is -0.283. The van der Waals surface area contributed by atoms with E-state index in [2.05, 4.69) is 46.8 Å². The SMILES string of the molecule is Cc1ccc(Cn2nc(NC(=O)c3conc3C)c3ccccc32)cc1. The first-order valence-corrected chi connectivity index (χ1v) is 8.35. The number of carbonyl (C=O) groups excluding carboxylic acids is 1. The molecule has 0 bridgehead atoms. The quantitative estimate of drug-likeness (QED) is 0.607. The summed E-state index contributed by atoms with van der Waals surface area (Å²) >= 11 is 0. The topological polar surface area (TPSA) is 73.0 Å². The predicted octanol–water partition coefficient (Wildman–Crippen LogP) is 3.94. The van der Waals surface area contributed by atoms with E-state index in [0.717, 1.165) is 16.5 Å². The van der Waals surface area contributed by atoms with E-state index in [1.807, 2.05) is 28.9 Å². The number of para-hydroxylation sites is 1. The fraction of sp³-hybridized carbons (Fsp3) is 0.150. The first-order chi connectivity index (χ1) is 12.6. The van der Waals surface area contributed by atoms with Crippen LogP contribution in [-0.4, -0.2) is 20.8 Å². The number of nitrogens with one attached hydrogen (secondary N) is 1. The number of nitrogens with zero attached hydrogens (tertiary/aromatic N) is 3. The molecule has 0 atom stereocenters. The molecule has 0 saturated heterocycles. The summed E-state index contributed by atoms with van der Waals surface area (Å²) in [7, 11) is 0. The highest BCUT2D eigenvalue weighted by atomic mass is 16.5. The molecule has 2 aromatic carbocycles. The van der Waals surface area contributed by atoms with Gasteiger partial charge in [-0.25, -0.2) is 0 Å². The standard InChI is InChI=1S/C20H18N4O2/c1-13-7-9-15(10-8-13)11-24-18-6-4-3-5-16(18)19(22-24)21-20(25)17-12-26-23-14(17)2/h3-10,12H,11H2,1-2H3,(H,21,22,25). The number of rotatable bonds is 4. The zero-order valence-corrected chi connectivity index (χ0v) is 14.6. The van der Waals surface area contributed by atoms with Crippen LogP contribution in [0.15, 0.2) is 59.3 Å². The predicted molar refractivity (Wildman–Crippen MR) is 99.2 cm³/mol. The maximum absolute atomic E-state index is 12.5. The van der Waals surface area contributed by atoms with Crippen molar-refractivity contribution in [1.82, 2.24) is 14.9 Å². The highest BCUT2D eigenvalue weighted by Crippen LogP contribution is 2.24. The van der Waals surface area contributed by atoms with Crippen LogP contribution in [0.5, 0.6) is 0 Å². The lowest BCUT2D eigenvalue weighted by atomic mass is 10.1. The number of fused-ring (bicyclic) bond motifs is 1. The van der Waals surface area contributed by atoms with Crippen molar-refractivity contribution >= 4 is 22.6 Å². The van der Waals surface area contributed by atoms with Crippen molar-refractivity contribution in [2.75, 3.05) is 5.32 Å². The smallest absolute Gasteiger partial charge is 0.262 e. The Labute approximate surface area is 150 Å². The van der Waals surface area contributed by atoms with Gasteiger partial charge in [-0.05, 0) is 31.5 Å². The normalized spacial score (nSPS) is 11.0. The van der Waals surface area contributed by atoms with Gasteiger partial charge in [0.1, 0.15) is 11.8 Å². The maximum atomic E-state index is 12.5. The van der Waals surface area contributed by atoms with Crippen molar-refractivity contribution in [1.29, 1.82) is 0 Å². The van der Waals surface area contributed by atoms with Crippen LogP contribution in [0, 0.1) is 13.8 Å². The molecule has 1 N–H and O–H groups in total. The molecule has 6 nitrogen and oxygen atoms in total. The highest BCUT2D eigenvalue weighted by molar-refractivity contribution is 6.08. The summed E-state index contributed by atoms with van der Waals surface area (Å²) in [6, 6.07) is 16.2. The summed E-state index contributed by atoms with van der Waals surface area (Å²) in [6.45, 7) is 4.42. The van der Waals surface area contributed by atoms with Crippen molar-refractivity contribution < 1.29 is 9.32 Å². The Morgan fingerprint density at radius 3 is 2.62 bits per heavy atom. The van der Waals surface area contributed by atoms with Gasteiger partial charge in [-0.2, -0.15) is 5.10 Å². The third kappa shape index (κ3) is 2.97. The molecule has 6 heteroatoms.